The summed E-state index contributed by atoms with van der Waals surface area (Å²) in [5, 5.41) is 0. The fraction of sp³-hybridized carbons (Fsp3) is 0.400. The molecule has 2 heterocycles. The van der Waals surface area contributed by atoms with Gasteiger partial charge in [-0.1, -0.05) is 0 Å². The first kappa shape index (κ1) is 8.23. The number of hydrogen-bond acceptors (Lipinski definition) is 2. The van der Waals surface area contributed by atoms with Crippen molar-refractivity contribution in [2.45, 2.75) is 26.3 Å². The highest BCUT2D eigenvalue weighted by Crippen LogP contribution is 2.20. The lowest BCUT2D eigenvalue weighted by atomic mass is 10.1. The van der Waals surface area contributed by atoms with E-state index < -0.39 is 0 Å². The molecule has 2 rings (SSSR count). The minimum absolute atomic E-state index is 0.0672. The first-order valence-electron chi connectivity index (χ1n) is 4.36. The van der Waals surface area contributed by atoms with Gasteiger partial charge >= 0.3 is 0 Å². The average molecular weight is 175 g/mol. The molecule has 0 aliphatic carbocycles. The van der Waals surface area contributed by atoms with E-state index in [1.807, 2.05) is 18.6 Å². The van der Waals surface area contributed by atoms with Gasteiger partial charge in [0.2, 0.25) is 0 Å². The van der Waals surface area contributed by atoms with Crippen LogP contribution in [0.5, 0.6) is 0 Å². The summed E-state index contributed by atoms with van der Waals surface area (Å²) in [6, 6.07) is 1.93. The van der Waals surface area contributed by atoms with Crippen LogP contribution in [0.1, 0.15) is 20.8 Å². The zero-order valence-electron chi connectivity index (χ0n) is 8.15. The second-order valence-corrected chi connectivity index (χ2v) is 4.15. The maximum absolute atomic E-state index is 4.31. The van der Waals surface area contributed by atoms with Crippen molar-refractivity contribution >= 4 is 11.0 Å². The Bertz CT molecular complexity index is 423. The highest BCUT2D eigenvalue weighted by atomic mass is 15.1. The second-order valence-electron chi connectivity index (χ2n) is 4.15. The van der Waals surface area contributed by atoms with Crippen molar-refractivity contribution in [1.29, 1.82) is 0 Å². The van der Waals surface area contributed by atoms with Crippen LogP contribution in [-0.4, -0.2) is 14.5 Å². The van der Waals surface area contributed by atoms with Gasteiger partial charge in [0.1, 0.15) is 0 Å². The van der Waals surface area contributed by atoms with Crippen molar-refractivity contribution in [3.05, 3.63) is 24.8 Å². The van der Waals surface area contributed by atoms with E-state index in [2.05, 4.69) is 35.3 Å². The number of pyridine rings is 1. The van der Waals surface area contributed by atoms with Gasteiger partial charge in [0.05, 0.1) is 23.6 Å². The molecule has 0 N–H and O–H groups in total. The van der Waals surface area contributed by atoms with Crippen LogP contribution in [0.4, 0.5) is 0 Å². The van der Waals surface area contributed by atoms with E-state index >= 15 is 0 Å². The van der Waals surface area contributed by atoms with Crippen LogP contribution in [0.15, 0.2) is 24.8 Å². The molecule has 0 atom stereocenters. The Balaban J connectivity index is 2.72. The third-order valence-electron chi connectivity index (χ3n) is 2.07. The number of imidazole rings is 1. The molecule has 3 nitrogen and oxygen atoms in total. The number of nitrogens with zero attached hydrogens (tertiary/aromatic N) is 3. The van der Waals surface area contributed by atoms with E-state index in [0.717, 1.165) is 11.0 Å². The van der Waals surface area contributed by atoms with Crippen LogP contribution in [0.3, 0.4) is 0 Å². The van der Waals surface area contributed by atoms with Gasteiger partial charge in [-0.2, -0.15) is 0 Å². The van der Waals surface area contributed by atoms with Crippen LogP contribution in [0, 0.1) is 0 Å². The van der Waals surface area contributed by atoms with Gasteiger partial charge in [0.25, 0.3) is 0 Å². The van der Waals surface area contributed by atoms with Crippen molar-refractivity contribution in [3.8, 4) is 0 Å². The molecule has 0 radical (unpaired) electrons. The Morgan fingerprint density at radius 3 is 2.77 bits per heavy atom. The van der Waals surface area contributed by atoms with Crippen molar-refractivity contribution < 1.29 is 0 Å². The minimum atomic E-state index is 0.0672. The molecule has 3 heteroatoms. The molecule has 0 aliphatic rings. The van der Waals surface area contributed by atoms with E-state index in [1.54, 1.807) is 6.20 Å². The summed E-state index contributed by atoms with van der Waals surface area (Å²) < 4.78 is 2.13. The van der Waals surface area contributed by atoms with Crippen molar-refractivity contribution in [3.63, 3.8) is 0 Å². The molecule has 0 aromatic carbocycles. The Labute approximate surface area is 77.4 Å². The molecule has 0 spiro atoms. The number of fused-ring (bicyclic) bond motifs is 1. The molecular formula is C10H13N3. The number of hydrogen-bond donors (Lipinski definition) is 0. The van der Waals surface area contributed by atoms with Crippen molar-refractivity contribution in [2.75, 3.05) is 0 Å². The molecule has 0 amide bonds. The highest BCUT2D eigenvalue weighted by molar-refractivity contribution is 5.73. The van der Waals surface area contributed by atoms with E-state index in [1.165, 1.54) is 0 Å². The lowest BCUT2D eigenvalue weighted by molar-refractivity contribution is 0.408. The maximum Gasteiger partial charge on any atom is 0.0963 e. The largest absolute Gasteiger partial charge is 0.324 e. The van der Waals surface area contributed by atoms with Gasteiger partial charge in [-0.3, -0.25) is 4.98 Å². The van der Waals surface area contributed by atoms with Crippen molar-refractivity contribution in [1.82, 2.24) is 14.5 Å². The normalized spacial score (nSPS) is 12.2. The Kier molecular flexibility index (Phi) is 1.62. The lowest BCUT2D eigenvalue weighted by Gasteiger charge is -2.21. The summed E-state index contributed by atoms with van der Waals surface area (Å²) >= 11 is 0. The van der Waals surface area contributed by atoms with E-state index in [-0.39, 0.29) is 5.54 Å². The monoisotopic (exact) mass is 175 g/mol. The summed E-state index contributed by atoms with van der Waals surface area (Å²) in [6.45, 7) is 6.46. The Morgan fingerprint density at radius 2 is 2.08 bits per heavy atom. The fourth-order valence-corrected chi connectivity index (χ4v) is 1.39. The molecule has 13 heavy (non-hydrogen) atoms. The third kappa shape index (κ3) is 1.30. The molecular weight excluding hydrogens is 162 g/mol. The van der Waals surface area contributed by atoms with E-state index in [4.69, 9.17) is 0 Å². The van der Waals surface area contributed by atoms with E-state index in [0.29, 0.717) is 0 Å². The van der Waals surface area contributed by atoms with Crippen LogP contribution < -0.4 is 0 Å². The minimum Gasteiger partial charge on any atom is -0.324 e. The molecule has 0 aliphatic heterocycles. The maximum atomic E-state index is 4.31. The Morgan fingerprint density at radius 1 is 1.31 bits per heavy atom. The molecule has 2 aromatic rings. The topological polar surface area (TPSA) is 30.7 Å². The smallest absolute Gasteiger partial charge is 0.0963 e. The quantitative estimate of drug-likeness (QED) is 0.614. The predicted molar refractivity (Wildman–Crippen MR) is 52.5 cm³/mol. The molecule has 2 aromatic heterocycles. The molecule has 68 valence electrons. The van der Waals surface area contributed by atoms with Gasteiger partial charge < -0.3 is 4.57 Å². The summed E-state index contributed by atoms with van der Waals surface area (Å²) in [5.74, 6) is 0. The van der Waals surface area contributed by atoms with Crippen LogP contribution in [0.2, 0.25) is 0 Å². The summed E-state index contributed by atoms with van der Waals surface area (Å²) in [5.41, 5.74) is 2.16. The number of rotatable bonds is 0. The lowest BCUT2D eigenvalue weighted by Crippen LogP contribution is -2.20. The average Bonchev–Trinajstić information content (AvgIpc) is 2.45. The molecule has 0 saturated carbocycles. The Hall–Kier alpha value is -1.38. The van der Waals surface area contributed by atoms with E-state index in [9.17, 15) is 0 Å². The summed E-state index contributed by atoms with van der Waals surface area (Å²) in [7, 11) is 0. The highest BCUT2D eigenvalue weighted by Gasteiger charge is 2.15. The number of aromatic nitrogens is 3. The zero-order valence-corrected chi connectivity index (χ0v) is 8.15. The van der Waals surface area contributed by atoms with Crippen LogP contribution in [0.25, 0.3) is 11.0 Å². The zero-order chi connectivity index (χ0) is 9.47. The molecule has 0 saturated heterocycles. The second kappa shape index (κ2) is 2.55. The van der Waals surface area contributed by atoms with Crippen molar-refractivity contribution in [2.24, 2.45) is 0 Å². The van der Waals surface area contributed by atoms with Gasteiger partial charge in [-0.15, -0.1) is 0 Å². The van der Waals surface area contributed by atoms with Gasteiger partial charge in [0.15, 0.2) is 0 Å². The van der Waals surface area contributed by atoms with Gasteiger partial charge in [0, 0.05) is 11.7 Å². The summed E-state index contributed by atoms with van der Waals surface area (Å²) in [4.78, 5) is 8.41. The third-order valence-corrected chi connectivity index (χ3v) is 2.07. The summed E-state index contributed by atoms with van der Waals surface area (Å²) in [6.07, 6.45) is 5.49. The SMILES string of the molecule is CC(C)(C)n1cnc2ccncc21. The standard InChI is InChI=1S/C10H13N3/c1-10(2,3)13-7-12-8-4-5-11-6-9(8)13/h4-7H,1-3H3. The molecule has 0 bridgehead atoms. The molecule has 0 fully saturated rings. The van der Waals surface area contributed by atoms with Gasteiger partial charge in [-0.05, 0) is 26.8 Å². The van der Waals surface area contributed by atoms with Crippen LogP contribution in [-0.2, 0) is 5.54 Å². The van der Waals surface area contributed by atoms with Crippen LogP contribution >= 0.6 is 0 Å². The predicted octanol–water partition coefficient (Wildman–Crippen LogP) is 2.19. The first-order valence-corrected chi connectivity index (χ1v) is 4.36. The molecule has 0 unspecified atom stereocenters. The first-order chi connectivity index (χ1) is 6.09. The fourth-order valence-electron chi connectivity index (χ4n) is 1.39. The van der Waals surface area contributed by atoms with Gasteiger partial charge in [-0.25, -0.2) is 4.98 Å².